The maximum atomic E-state index is 14.6. The van der Waals surface area contributed by atoms with Gasteiger partial charge in [-0.1, -0.05) is 6.07 Å². The molecule has 2 aromatic rings. The van der Waals surface area contributed by atoms with E-state index < -0.39 is 11.7 Å². The smallest absolute Gasteiger partial charge is 0.265 e. The van der Waals surface area contributed by atoms with Crippen molar-refractivity contribution in [1.29, 1.82) is 10.8 Å². The molecular weight excluding hydrogens is 403 g/mol. The number of carbonyl (C=O) groups excluding carboxylic acids is 2. The van der Waals surface area contributed by atoms with Gasteiger partial charge < -0.3 is 19.9 Å². The van der Waals surface area contributed by atoms with Crippen LogP contribution in [0.3, 0.4) is 0 Å². The summed E-state index contributed by atoms with van der Waals surface area (Å²) in [5.41, 5.74) is 0.311. The topological polar surface area (TPSA) is 122 Å². The van der Waals surface area contributed by atoms with E-state index in [1.807, 2.05) is 13.8 Å². The molecule has 0 radical (unpaired) electrons. The van der Waals surface area contributed by atoms with Gasteiger partial charge in [-0.15, -0.1) is 0 Å². The maximum absolute atomic E-state index is 14.6. The van der Waals surface area contributed by atoms with Gasteiger partial charge in [-0.05, 0) is 39.0 Å². The Morgan fingerprint density at radius 2 is 2.16 bits per heavy atom. The Labute approximate surface area is 178 Å². The number of ether oxygens (including phenoxy) is 1. The van der Waals surface area contributed by atoms with Crippen LogP contribution in [0.25, 0.3) is 0 Å². The van der Waals surface area contributed by atoms with Crippen molar-refractivity contribution in [3.05, 3.63) is 47.4 Å². The highest BCUT2D eigenvalue weighted by atomic mass is 19.1. The number of pyridine rings is 1. The highest BCUT2D eigenvalue weighted by Gasteiger charge is 2.27. The predicted molar refractivity (Wildman–Crippen MR) is 115 cm³/mol. The Kier molecular flexibility index (Phi) is 6.28. The van der Waals surface area contributed by atoms with Gasteiger partial charge in [0.1, 0.15) is 23.1 Å². The molecule has 0 atom stereocenters. The van der Waals surface area contributed by atoms with Gasteiger partial charge in [0, 0.05) is 18.7 Å². The summed E-state index contributed by atoms with van der Waals surface area (Å²) in [5.74, 6) is -1.50. The minimum atomic E-state index is -0.791. The molecule has 0 spiro atoms. The first-order chi connectivity index (χ1) is 14.8. The molecule has 0 aliphatic carbocycles. The van der Waals surface area contributed by atoms with E-state index in [-0.39, 0.29) is 47.2 Å². The number of aromatic nitrogens is 1. The number of fused-ring (bicyclic) bond motifs is 1. The normalized spacial score (nSPS) is 12.8. The average molecular weight is 426 g/mol. The molecule has 0 saturated carbocycles. The third-order valence-corrected chi connectivity index (χ3v) is 4.74. The van der Waals surface area contributed by atoms with Crippen LogP contribution in [0.4, 0.5) is 15.9 Å². The van der Waals surface area contributed by atoms with Crippen LogP contribution in [0.5, 0.6) is 5.75 Å². The van der Waals surface area contributed by atoms with Crippen molar-refractivity contribution in [3.8, 4) is 5.75 Å². The molecule has 2 amide bonds. The van der Waals surface area contributed by atoms with Gasteiger partial charge in [-0.3, -0.25) is 20.4 Å². The van der Waals surface area contributed by atoms with Crippen molar-refractivity contribution >= 4 is 35.5 Å². The Balaban J connectivity index is 1.87. The van der Waals surface area contributed by atoms with Gasteiger partial charge in [0.15, 0.2) is 12.4 Å². The fourth-order valence-corrected chi connectivity index (χ4v) is 3.17. The second-order valence-electron chi connectivity index (χ2n) is 7.07. The first-order valence-corrected chi connectivity index (χ1v) is 9.69. The summed E-state index contributed by atoms with van der Waals surface area (Å²) in [6, 6.07) is 6.94. The lowest BCUT2D eigenvalue weighted by Gasteiger charge is -2.28. The van der Waals surface area contributed by atoms with E-state index in [1.54, 1.807) is 19.1 Å². The monoisotopic (exact) mass is 426 g/mol. The number of hydrogen-bond donors (Lipinski definition) is 3. The molecule has 9 nitrogen and oxygen atoms in total. The minimum Gasteiger partial charge on any atom is -0.481 e. The number of amides is 2. The third-order valence-electron chi connectivity index (χ3n) is 4.74. The fraction of sp³-hybridized carbons (Fsp3) is 0.286. The molecule has 0 unspecified atom stereocenters. The van der Waals surface area contributed by atoms with Crippen LogP contribution in [0, 0.1) is 16.6 Å². The number of hydrogen-bond acceptors (Lipinski definition) is 6. The summed E-state index contributed by atoms with van der Waals surface area (Å²) in [7, 11) is 0. The van der Waals surface area contributed by atoms with Gasteiger partial charge in [0.2, 0.25) is 0 Å². The number of amidine groups is 1. The SMILES string of the molecule is CCN1C(=O)COc2cc(F)c(C(=O)Nc3cccc(C(=N)N(C=N)C(C)C)n3)cc21. The predicted octanol–water partition coefficient (Wildman–Crippen LogP) is 2.86. The van der Waals surface area contributed by atoms with Crippen molar-refractivity contribution in [2.45, 2.75) is 26.8 Å². The van der Waals surface area contributed by atoms with E-state index >= 15 is 0 Å². The number of nitrogens with zero attached hydrogens (tertiary/aromatic N) is 3. The zero-order valence-corrected chi connectivity index (χ0v) is 17.4. The van der Waals surface area contributed by atoms with E-state index in [1.165, 1.54) is 21.9 Å². The number of halogens is 1. The number of anilines is 2. The average Bonchev–Trinajstić information content (AvgIpc) is 2.73. The van der Waals surface area contributed by atoms with Crippen LogP contribution < -0.4 is 15.0 Å². The van der Waals surface area contributed by atoms with Crippen LogP contribution in [-0.2, 0) is 4.79 Å². The van der Waals surface area contributed by atoms with Crippen LogP contribution in [-0.4, -0.2) is 53.1 Å². The van der Waals surface area contributed by atoms with Gasteiger partial charge in [-0.25, -0.2) is 9.37 Å². The molecule has 0 saturated heterocycles. The Hall–Kier alpha value is -3.82. The van der Waals surface area contributed by atoms with Crippen molar-refractivity contribution in [3.63, 3.8) is 0 Å². The van der Waals surface area contributed by atoms with Crippen molar-refractivity contribution in [1.82, 2.24) is 9.88 Å². The number of carbonyl (C=O) groups is 2. The second kappa shape index (κ2) is 8.90. The van der Waals surface area contributed by atoms with Gasteiger partial charge in [0.25, 0.3) is 11.8 Å². The molecule has 162 valence electrons. The molecule has 1 aliphatic rings. The number of benzene rings is 1. The van der Waals surface area contributed by atoms with E-state index in [4.69, 9.17) is 15.6 Å². The minimum absolute atomic E-state index is 0.00434. The van der Waals surface area contributed by atoms with Crippen molar-refractivity contribution in [2.75, 3.05) is 23.4 Å². The fourth-order valence-electron chi connectivity index (χ4n) is 3.17. The van der Waals surface area contributed by atoms with Crippen molar-refractivity contribution < 1.29 is 18.7 Å². The molecule has 3 rings (SSSR count). The molecular formula is C21H23FN6O3. The first-order valence-electron chi connectivity index (χ1n) is 9.69. The summed E-state index contributed by atoms with van der Waals surface area (Å²) in [4.78, 5) is 31.8. The lowest BCUT2D eigenvalue weighted by Crippen LogP contribution is -2.38. The number of likely N-dealkylation sites (N-methyl/N-ethyl adjacent to an activating group) is 1. The third kappa shape index (κ3) is 4.37. The Morgan fingerprint density at radius 3 is 2.81 bits per heavy atom. The number of nitrogens with one attached hydrogen (secondary N) is 3. The molecule has 3 N–H and O–H groups in total. The summed E-state index contributed by atoms with van der Waals surface area (Å²) >= 11 is 0. The molecule has 0 bridgehead atoms. The molecule has 0 fully saturated rings. The van der Waals surface area contributed by atoms with Gasteiger partial charge in [0.05, 0.1) is 17.6 Å². The zero-order valence-electron chi connectivity index (χ0n) is 17.4. The largest absolute Gasteiger partial charge is 0.481 e. The molecule has 10 heteroatoms. The van der Waals surface area contributed by atoms with E-state index in [0.29, 0.717) is 12.2 Å². The van der Waals surface area contributed by atoms with E-state index in [0.717, 1.165) is 12.4 Å². The van der Waals surface area contributed by atoms with Crippen LogP contribution in [0.2, 0.25) is 0 Å². The highest BCUT2D eigenvalue weighted by molar-refractivity contribution is 6.07. The Morgan fingerprint density at radius 1 is 1.42 bits per heavy atom. The molecule has 1 aromatic carbocycles. The molecule has 31 heavy (non-hydrogen) atoms. The van der Waals surface area contributed by atoms with Crippen LogP contribution in [0.15, 0.2) is 30.3 Å². The second-order valence-corrected chi connectivity index (χ2v) is 7.07. The lowest BCUT2D eigenvalue weighted by atomic mass is 10.1. The van der Waals surface area contributed by atoms with Gasteiger partial charge in [-0.2, -0.15) is 0 Å². The summed E-state index contributed by atoms with van der Waals surface area (Å²) in [6.45, 7) is 5.61. The summed E-state index contributed by atoms with van der Waals surface area (Å²) < 4.78 is 19.9. The maximum Gasteiger partial charge on any atom is 0.265 e. The zero-order chi connectivity index (χ0) is 22.7. The molecule has 2 heterocycles. The van der Waals surface area contributed by atoms with E-state index in [9.17, 15) is 14.0 Å². The quantitative estimate of drug-likeness (QED) is 0.484. The molecule has 1 aromatic heterocycles. The van der Waals surface area contributed by atoms with E-state index in [2.05, 4.69) is 10.3 Å². The van der Waals surface area contributed by atoms with Crippen molar-refractivity contribution in [2.24, 2.45) is 0 Å². The lowest BCUT2D eigenvalue weighted by molar-refractivity contribution is -0.121. The molecule has 1 aliphatic heterocycles. The number of rotatable bonds is 6. The standard InChI is InChI=1S/C21H23FN6O3/c1-4-27-16-8-13(14(22)9-17(16)31-10-19(27)29)21(30)26-18-7-5-6-15(25-18)20(24)28(11-23)12(2)3/h5-9,11-12,23-24H,4,10H2,1-3H3,(H,25,26,30). The van der Waals surface area contributed by atoms with Gasteiger partial charge >= 0.3 is 0 Å². The first kappa shape index (κ1) is 21.9. The Bertz CT molecular complexity index is 1060. The van der Waals surface area contributed by atoms with Crippen LogP contribution in [0.1, 0.15) is 36.8 Å². The summed E-state index contributed by atoms with van der Waals surface area (Å²) in [6.07, 6.45) is 1.03. The van der Waals surface area contributed by atoms with Crippen LogP contribution >= 0.6 is 0 Å². The highest BCUT2D eigenvalue weighted by Crippen LogP contribution is 2.34. The summed E-state index contributed by atoms with van der Waals surface area (Å²) in [5, 5.41) is 18.3.